The van der Waals surface area contributed by atoms with Crippen molar-refractivity contribution in [3.63, 3.8) is 0 Å². The van der Waals surface area contributed by atoms with Gasteiger partial charge in [-0.3, -0.25) is 0 Å². The molecule has 2 aliphatic rings. The summed E-state index contributed by atoms with van der Waals surface area (Å²) in [5.74, 6) is 2.30. The fourth-order valence-electron chi connectivity index (χ4n) is 2.93. The standard InChI is InChI=1S/C15H25AtN2/c1-12-2-4-13(5-3-12)10-17-18-11-14-6-8-15(16)9-7-14/h10-15H,2-9H2,1H3/b17-10+,18-11+. The summed E-state index contributed by atoms with van der Waals surface area (Å²) in [6.07, 6.45) is 14.9. The van der Waals surface area contributed by atoms with Crippen LogP contribution in [-0.4, -0.2) is 12.4 Å². The molecule has 0 atom stereocenters. The number of rotatable bonds is 3. The van der Waals surface area contributed by atoms with E-state index in [2.05, 4.69) is 29.6 Å². The molecule has 0 aromatic rings. The van der Waals surface area contributed by atoms with E-state index in [-0.39, 0.29) is 0 Å². The normalized spacial score (nSPS) is 38.6. The van der Waals surface area contributed by atoms with Crippen LogP contribution in [0.2, 0.25) is 3.63 Å². The Morgan fingerprint density at radius 3 is 1.72 bits per heavy atom. The maximum absolute atomic E-state index is 4.28. The van der Waals surface area contributed by atoms with Gasteiger partial charge >= 0.3 is 120 Å². The predicted molar refractivity (Wildman–Crippen MR) is 73.8 cm³/mol. The van der Waals surface area contributed by atoms with Crippen LogP contribution in [-0.2, 0) is 0 Å². The topological polar surface area (TPSA) is 24.7 Å². The van der Waals surface area contributed by atoms with Crippen LogP contribution in [0, 0.1) is 42.5 Å². The molecule has 2 aliphatic carbocycles. The van der Waals surface area contributed by atoms with E-state index in [1.165, 1.54) is 51.4 Å². The number of hydrogen-bond donors (Lipinski definition) is 0. The molecule has 2 fully saturated rings. The zero-order chi connectivity index (χ0) is 12.8. The molecule has 102 valence electrons. The van der Waals surface area contributed by atoms with Crippen molar-refractivity contribution in [2.45, 2.75) is 61.9 Å². The van der Waals surface area contributed by atoms with Crippen molar-refractivity contribution in [2.24, 2.45) is 28.0 Å². The predicted octanol–water partition coefficient (Wildman–Crippen LogP) is 4.40. The van der Waals surface area contributed by atoms with Gasteiger partial charge in [-0.1, -0.05) is 6.92 Å². The van der Waals surface area contributed by atoms with Crippen LogP contribution in [0.15, 0.2) is 10.2 Å². The molecule has 0 aliphatic heterocycles. The number of hydrogen-bond acceptors (Lipinski definition) is 2. The Hall–Kier alpha value is 0.223. The molecule has 0 radical (unpaired) electrons. The summed E-state index contributed by atoms with van der Waals surface area (Å²) in [6, 6.07) is 0. The number of nitrogens with zero attached hydrogens (tertiary/aromatic N) is 2. The van der Waals surface area contributed by atoms with Gasteiger partial charge in [0.2, 0.25) is 0 Å². The van der Waals surface area contributed by atoms with Gasteiger partial charge < -0.3 is 0 Å². The summed E-state index contributed by atoms with van der Waals surface area (Å²) in [5, 5.41) is 8.56. The van der Waals surface area contributed by atoms with E-state index in [9.17, 15) is 0 Å². The van der Waals surface area contributed by atoms with Gasteiger partial charge in [0.1, 0.15) is 0 Å². The molecule has 0 heterocycles. The van der Waals surface area contributed by atoms with E-state index in [1.807, 2.05) is 24.7 Å². The summed E-state index contributed by atoms with van der Waals surface area (Å²) < 4.78 is 0.974. The first-order valence-corrected chi connectivity index (χ1v) is 9.14. The maximum atomic E-state index is 4.28. The van der Waals surface area contributed by atoms with Crippen molar-refractivity contribution in [2.75, 3.05) is 0 Å². The van der Waals surface area contributed by atoms with E-state index in [4.69, 9.17) is 0 Å². The first-order valence-electron chi connectivity index (χ1n) is 7.44. The Bertz CT molecular complexity index is 255. The second-order valence-corrected chi connectivity index (χ2v) is 8.46. The fourth-order valence-corrected chi connectivity index (χ4v) is 3.91. The van der Waals surface area contributed by atoms with Crippen LogP contribution in [0.3, 0.4) is 0 Å². The summed E-state index contributed by atoms with van der Waals surface area (Å²) in [7, 11) is 0. The first-order chi connectivity index (χ1) is 8.74. The molecular weight excluding hydrogens is 418 g/mol. The Labute approximate surface area is 127 Å². The molecule has 0 aromatic carbocycles. The third-order valence-electron chi connectivity index (χ3n) is 4.38. The molecule has 0 saturated heterocycles. The van der Waals surface area contributed by atoms with Crippen molar-refractivity contribution in [1.82, 2.24) is 0 Å². The molecule has 0 spiro atoms. The Balaban J connectivity index is 1.67. The monoisotopic (exact) mass is 443 g/mol. The van der Waals surface area contributed by atoms with Crippen molar-refractivity contribution >= 4 is 12.4 Å². The van der Waals surface area contributed by atoms with Crippen LogP contribution < -0.4 is 0 Å². The average Bonchev–Trinajstić information content (AvgIpc) is 2.39. The van der Waals surface area contributed by atoms with Crippen LogP contribution in [0.1, 0.15) is 58.3 Å². The Morgan fingerprint density at radius 2 is 1.22 bits per heavy atom. The summed E-state index contributed by atoms with van der Waals surface area (Å²) in [4.78, 5) is 0. The van der Waals surface area contributed by atoms with Crippen molar-refractivity contribution in [1.29, 1.82) is 0 Å². The SMILES string of the molecule is CC1CCC(/C=N/N=C/C2CCC([At])CC2)CC1. The van der Waals surface area contributed by atoms with Gasteiger partial charge in [0.15, 0.2) is 0 Å². The van der Waals surface area contributed by atoms with E-state index in [1.54, 1.807) is 0 Å². The van der Waals surface area contributed by atoms with Crippen LogP contribution >= 0.6 is 0 Å². The van der Waals surface area contributed by atoms with Gasteiger partial charge in [0.05, 0.1) is 0 Å². The summed E-state index contributed by atoms with van der Waals surface area (Å²) in [5.41, 5.74) is 0. The molecule has 0 aromatic heterocycles. The zero-order valence-corrected chi connectivity index (χ0v) is 14.3. The van der Waals surface area contributed by atoms with Gasteiger partial charge in [-0.25, -0.2) is 0 Å². The molecule has 18 heavy (non-hydrogen) atoms. The average molecular weight is 443 g/mol. The molecular formula is C15H25AtN2. The molecule has 2 rings (SSSR count). The summed E-state index contributed by atoms with van der Waals surface area (Å²) in [6.45, 7) is 2.36. The van der Waals surface area contributed by atoms with Crippen molar-refractivity contribution in [3.8, 4) is 0 Å². The van der Waals surface area contributed by atoms with Crippen molar-refractivity contribution in [3.05, 3.63) is 0 Å². The molecule has 0 N–H and O–H groups in total. The molecule has 0 bridgehead atoms. The Kier molecular flexibility index (Phi) is 6.28. The molecule has 0 amide bonds. The minimum absolute atomic E-state index is 0.687. The quantitative estimate of drug-likeness (QED) is 0.457. The van der Waals surface area contributed by atoms with Crippen LogP contribution in [0.5, 0.6) is 0 Å². The molecule has 3 heteroatoms. The van der Waals surface area contributed by atoms with Crippen LogP contribution in [0.25, 0.3) is 0 Å². The van der Waals surface area contributed by atoms with E-state index < -0.39 is 0 Å². The van der Waals surface area contributed by atoms with Crippen LogP contribution in [0.4, 0.5) is 0 Å². The second-order valence-electron chi connectivity index (χ2n) is 6.06. The third-order valence-corrected chi connectivity index (χ3v) is 6.08. The molecule has 0 unspecified atom stereocenters. The third kappa shape index (κ3) is 5.07. The van der Waals surface area contributed by atoms with Gasteiger partial charge in [-0.2, -0.15) is 0 Å². The Morgan fingerprint density at radius 1 is 0.778 bits per heavy atom. The second kappa shape index (κ2) is 7.73. The van der Waals surface area contributed by atoms with Gasteiger partial charge in [-0.15, -0.1) is 0 Å². The van der Waals surface area contributed by atoms with E-state index in [0.717, 1.165) is 9.54 Å². The van der Waals surface area contributed by atoms with Crippen molar-refractivity contribution < 1.29 is 24.7 Å². The van der Waals surface area contributed by atoms with E-state index >= 15 is 0 Å². The van der Waals surface area contributed by atoms with Gasteiger partial charge in [0.25, 0.3) is 0 Å². The summed E-state index contributed by atoms with van der Waals surface area (Å²) >= 11 is 1.96. The van der Waals surface area contributed by atoms with E-state index in [0.29, 0.717) is 11.8 Å². The zero-order valence-electron chi connectivity index (χ0n) is 11.4. The van der Waals surface area contributed by atoms with Gasteiger partial charge in [0, 0.05) is 0 Å². The fraction of sp³-hybridized carbons (Fsp3) is 0.867. The molecule has 2 saturated carbocycles. The van der Waals surface area contributed by atoms with Gasteiger partial charge in [-0.05, 0) is 0 Å². The minimum atomic E-state index is 0.687. The molecule has 2 nitrogen and oxygen atoms in total. The first kappa shape index (κ1) is 14.6.